The highest BCUT2D eigenvalue weighted by molar-refractivity contribution is 9.10. The van der Waals surface area contributed by atoms with Crippen molar-refractivity contribution in [2.45, 2.75) is 31.9 Å². The Bertz CT molecular complexity index is 364. The molecule has 1 saturated heterocycles. The van der Waals surface area contributed by atoms with Crippen molar-refractivity contribution in [3.8, 4) is 5.75 Å². The van der Waals surface area contributed by atoms with Crippen molar-refractivity contribution in [1.29, 1.82) is 0 Å². The summed E-state index contributed by atoms with van der Waals surface area (Å²) in [6, 6.07) is 5.70. The first-order chi connectivity index (χ1) is 8.27. The first kappa shape index (κ1) is 12.9. The van der Waals surface area contributed by atoms with E-state index in [9.17, 15) is 5.11 Å². The molecule has 0 saturated carbocycles. The van der Waals surface area contributed by atoms with E-state index < -0.39 is 0 Å². The van der Waals surface area contributed by atoms with Crippen molar-refractivity contribution in [3.05, 3.63) is 28.2 Å². The van der Waals surface area contributed by atoms with Crippen LogP contribution >= 0.6 is 15.9 Å². The van der Waals surface area contributed by atoms with E-state index in [4.69, 9.17) is 4.74 Å². The Labute approximate surface area is 110 Å². The Balaban J connectivity index is 1.72. The molecule has 1 fully saturated rings. The molecule has 1 atom stereocenters. The number of nitrogens with one attached hydrogen (secondary N) is 1. The molecular weight excluding hydrogens is 282 g/mol. The predicted octanol–water partition coefficient (Wildman–Crippen LogP) is 2.81. The molecule has 17 heavy (non-hydrogen) atoms. The lowest BCUT2D eigenvalue weighted by Gasteiger charge is -2.11. The quantitative estimate of drug-likeness (QED) is 0.822. The van der Waals surface area contributed by atoms with Gasteiger partial charge in [-0.25, -0.2) is 0 Å². The average Bonchev–Trinajstić information content (AvgIpc) is 2.83. The molecule has 0 radical (unpaired) electrons. The third-order valence-electron chi connectivity index (χ3n) is 3.05. The molecule has 4 heteroatoms. The van der Waals surface area contributed by atoms with Crippen LogP contribution in [0.1, 0.15) is 24.8 Å². The monoisotopic (exact) mass is 299 g/mol. The second-order valence-corrected chi connectivity index (χ2v) is 5.20. The maximum atomic E-state index is 9.80. The lowest BCUT2D eigenvalue weighted by Crippen LogP contribution is -2.19. The van der Waals surface area contributed by atoms with Gasteiger partial charge in [0.25, 0.3) is 0 Å². The summed E-state index contributed by atoms with van der Waals surface area (Å²) in [7, 11) is 0. The smallest absolute Gasteiger partial charge is 0.134 e. The van der Waals surface area contributed by atoms with Crippen LogP contribution in [0.3, 0.4) is 0 Å². The van der Waals surface area contributed by atoms with E-state index in [1.165, 1.54) is 12.8 Å². The number of hydrogen-bond donors (Lipinski definition) is 2. The van der Waals surface area contributed by atoms with Gasteiger partial charge in [-0.2, -0.15) is 0 Å². The Morgan fingerprint density at radius 3 is 3.12 bits per heavy atom. The van der Waals surface area contributed by atoms with Crippen LogP contribution in [0.15, 0.2) is 22.7 Å². The average molecular weight is 300 g/mol. The fourth-order valence-electron chi connectivity index (χ4n) is 2.06. The number of halogens is 1. The minimum atomic E-state index is 0.331. The van der Waals surface area contributed by atoms with E-state index in [0.717, 1.165) is 29.6 Å². The van der Waals surface area contributed by atoms with Gasteiger partial charge < -0.3 is 15.2 Å². The number of rotatable bonds is 5. The molecule has 94 valence electrons. The van der Waals surface area contributed by atoms with Gasteiger partial charge in [0, 0.05) is 18.7 Å². The molecule has 0 aromatic heterocycles. The van der Waals surface area contributed by atoms with Gasteiger partial charge in [-0.05, 0) is 47.8 Å². The first-order valence-electron chi connectivity index (χ1n) is 6.06. The summed E-state index contributed by atoms with van der Waals surface area (Å²) >= 11 is 3.31. The molecule has 2 rings (SSSR count). The molecule has 3 nitrogen and oxygen atoms in total. The number of ether oxygens (including phenoxy) is 1. The highest BCUT2D eigenvalue weighted by Crippen LogP contribution is 2.27. The highest BCUT2D eigenvalue weighted by atomic mass is 79.9. The normalized spacial score (nSPS) is 19.7. The minimum absolute atomic E-state index is 0.331. The van der Waals surface area contributed by atoms with E-state index in [1.807, 2.05) is 18.2 Å². The molecular formula is C13H18BrNO2. The third-order valence-corrected chi connectivity index (χ3v) is 3.69. The van der Waals surface area contributed by atoms with Crippen LogP contribution in [0.25, 0.3) is 0 Å². The van der Waals surface area contributed by atoms with Gasteiger partial charge in [0.1, 0.15) is 5.75 Å². The summed E-state index contributed by atoms with van der Waals surface area (Å²) in [6.45, 7) is 2.53. The van der Waals surface area contributed by atoms with E-state index in [1.54, 1.807) is 0 Å². The molecule has 1 heterocycles. The molecule has 1 aliphatic rings. The van der Waals surface area contributed by atoms with E-state index in [0.29, 0.717) is 18.4 Å². The first-order valence-corrected chi connectivity index (χ1v) is 6.85. The van der Waals surface area contributed by atoms with Gasteiger partial charge >= 0.3 is 0 Å². The summed E-state index contributed by atoms with van der Waals surface area (Å²) in [5, 5.41) is 13.1. The van der Waals surface area contributed by atoms with E-state index in [2.05, 4.69) is 21.2 Å². The summed E-state index contributed by atoms with van der Waals surface area (Å²) in [5.74, 6) is 0.331. The van der Waals surface area contributed by atoms with Crippen molar-refractivity contribution in [3.63, 3.8) is 0 Å². The van der Waals surface area contributed by atoms with E-state index in [-0.39, 0.29) is 0 Å². The zero-order valence-corrected chi connectivity index (χ0v) is 11.4. The summed E-state index contributed by atoms with van der Waals surface area (Å²) in [6.07, 6.45) is 3.86. The van der Waals surface area contributed by atoms with Crippen molar-refractivity contribution in [2.75, 3.05) is 13.2 Å². The number of aromatic hydroxyl groups is 1. The van der Waals surface area contributed by atoms with Gasteiger partial charge in [-0.3, -0.25) is 0 Å². The van der Waals surface area contributed by atoms with E-state index >= 15 is 0 Å². The van der Waals surface area contributed by atoms with Crippen LogP contribution in [0.4, 0.5) is 0 Å². The van der Waals surface area contributed by atoms with Crippen LogP contribution in [0.2, 0.25) is 0 Å². The molecule has 2 N–H and O–H groups in total. The number of para-hydroxylation sites is 1. The predicted molar refractivity (Wildman–Crippen MR) is 71.1 cm³/mol. The summed E-state index contributed by atoms with van der Waals surface area (Å²) in [4.78, 5) is 0. The standard InChI is InChI=1S/C13H18BrNO2/c14-12-5-1-3-10(13(12)16)9-15-7-6-11-4-2-8-17-11/h1,3,5,11,15-16H,2,4,6-9H2. The minimum Gasteiger partial charge on any atom is -0.506 e. The van der Waals surface area contributed by atoms with Gasteiger partial charge in [-0.1, -0.05) is 12.1 Å². The maximum absolute atomic E-state index is 9.80. The lowest BCUT2D eigenvalue weighted by molar-refractivity contribution is 0.104. The van der Waals surface area contributed by atoms with Crippen LogP contribution in [0.5, 0.6) is 5.75 Å². The third kappa shape index (κ3) is 3.69. The van der Waals surface area contributed by atoms with Gasteiger partial charge in [0.2, 0.25) is 0 Å². The Morgan fingerprint density at radius 2 is 2.35 bits per heavy atom. The summed E-state index contributed by atoms with van der Waals surface area (Å²) < 4.78 is 6.30. The zero-order chi connectivity index (χ0) is 12.1. The van der Waals surface area contributed by atoms with Crippen molar-refractivity contribution in [2.24, 2.45) is 0 Å². The summed E-state index contributed by atoms with van der Waals surface area (Å²) in [5.41, 5.74) is 0.923. The topological polar surface area (TPSA) is 41.5 Å². The highest BCUT2D eigenvalue weighted by Gasteiger charge is 2.14. The van der Waals surface area contributed by atoms with Crippen LogP contribution in [-0.4, -0.2) is 24.4 Å². The zero-order valence-electron chi connectivity index (χ0n) is 9.79. The largest absolute Gasteiger partial charge is 0.506 e. The number of phenolic OH excluding ortho intramolecular Hbond substituents is 1. The molecule has 0 aliphatic carbocycles. The second-order valence-electron chi connectivity index (χ2n) is 4.35. The van der Waals surface area contributed by atoms with Crippen LogP contribution in [0, 0.1) is 0 Å². The lowest BCUT2D eigenvalue weighted by atomic mass is 10.1. The Hall–Kier alpha value is -0.580. The van der Waals surface area contributed by atoms with Gasteiger partial charge in [-0.15, -0.1) is 0 Å². The Kier molecular flexibility index (Phi) is 4.83. The molecule has 0 spiro atoms. The molecule has 1 unspecified atom stereocenters. The maximum Gasteiger partial charge on any atom is 0.134 e. The van der Waals surface area contributed by atoms with Crippen LogP contribution < -0.4 is 5.32 Å². The Morgan fingerprint density at radius 1 is 1.47 bits per heavy atom. The van der Waals surface area contributed by atoms with Crippen molar-refractivity contribution >= 4 is 15.9 Å². The number of phenols is 1. The molecule has 1 aromatic carbocycles. The fraction of sp³-hybridized carbons (Fsp3) is 0.538. The van der Waals surface area contributed by atoms with Crippen molar-refractivity contribution in [1.82, 2.24) is 5.32 Å². The number of hydrogen-bond acceptors (Lipinski definition) is 3. The van der Waals surface area contributed by atoms with Gasteiger partial charge in [0.05, 0.1) is 10.6 Å². The molecule has 1 aromatic rings. The van der Waals surface area contributed by atoms with Crippen LogP contribution in [-0.2, 0) is 11.3 Å². The molecule has 1 aliphatic heterocycles. The van der Waals surface area contributed by atoms with Crippen molar-refractivity contribution < 1.29 is 9.84 Å². The fourth-order valence-corrected chi connectivity index (χ4v) is 2.47. The molecule has 0 amide bonds. The molecule has 0 bridgehead atoms. The second kappa shape index (κ2) is 6.38. The SMILES string of the molecule is Oc1c(Br)cccc1CNCCC1CCCO1. The number of benzene rings is 1. The van der Waals surface area contributed by atoms with Gasteiger partial charge in [0.15, 0.2) is 0 Å².